The number of unbranched alkanes of at least 4 members (excludes halogenated alkanes) is 37. The highest BCUT2D eigenvalue weighted by Crippen LogP contribution is 2.17. The van der Waals surface area contributed by atoms with Gasteiger partial charge < -0.3 is 14.2 Å². The Labute approximate surface area is 458 Å². The maximum atomic E-state index is 12.9. The molecule has 0 bridgehead atoms. The quantitative estimate of drug-likeness (QED) is 0.0261. The van der Waals surface area contributed by atoms with Gasteiger partial charge in [0.1, 0.15) is 13.2 Å². The van der Waals surface area contributed by atoms with Crippen molar-refractivity contribution in [3.8, 4) is 0 Å². The molecule has 0 amide bonds. The normalized spacial score (nSPS) is 12.6. The van der Waals surface area contributed by atoms with Crippen LogP contribution in [0.3, 0.4) is 0 Å². The highest BCUT2D eigenvalue weighted by molar-refractivity contribution is 5.71. The Hall–Kier alpha value is -3.41. The van der Waals surface area contributed by atoms with Gasteiger partial charge >= 0.3 is 17.9 Å². The Morgan fingerprint density at radius 3 is 0.851 bits per heavy atom. The van der Waals surface area contributed by atoms with Crippen LogP contribution in [0, 0.1) is 0 Å². The van der Waals surface area contributed by atoms with Gasteiger partial charge in [-0.15, -0.1) is 0 Å². The number of carbonyl (C=O) groups excluding carboxylic acids is 3. The van der Waals surface area contributed by atoms with Crippen molar-refractivity contribution < 1.29 is 28.6 Å². The first kappa shape index (κ1) is 70.6. The summed E-state index contributed by atoms with van der Waals surface area (Å²) in [6.07, 6.45) is 81.4. The summed E-state index contributed by atoms with van der Waals surface area (Å²) in [6, 6.07) is 0. The molecule has 0 fully saturated rings. The molecule has 0 aliphatic carbocycles. The van der Waals surface area contributed by atoms with Crippen LogP contribution in [-0.2, 0) is 28.6 Å². The van der Waals surface area contributed by atoms with Crippen LogP contribution in [0.15, 0.2) is 85.1 Å². The van der Waals surface area contributed by atoms with Gasteiger partial charge in [0.15, 0.2) is 6.10 Å². The second-order valence-corrected chi connectivity index (χ2v) is 21.1. The van der Waals surface area contributed by atoms with E-state index in [1.54, 1.807) is 0 Å². The number of carbonyl (C=O) groups is 3. The van der Waals surface area contributed by atoms with Gasteiger partial charge in [-0.1, -0.05) is 311 Å². The van der Waals surface area contributed by atoms with Crippen LogP contribution >= 0.6 is 0 Å². The van der Waals surface area contributed by atoms with E-state index in [4.69, 9.17) is 14.2 Å². The predicted octanol–water partition coefficient (Wildman–Crippen LogP) is 21.5. The molecule has 1 unspecified atom stereocenters. The summed E-state index contributed by atoms with van der Waals surface area (Å²) in [4.78, 5) is 38.3. The molecule has 1 atom stereocenters. The SMILES string of the molecule is CCC\C=C/C=C\C=C/C=C\C=C/CCCCCCCC(=O)OCC(COC(=O)CCCCCCCCCCCC/C=C\C=C/CCCCC)OC(=O)CCCCCCCCCCCCCCCCCCCCC. The zero-order chi connectivity index (χ0) is 53.6. The molecule has 0 rings (SSSR count). The molecule has 74 heavy (non-hydrogen) atoms. The highest BCUT2D eigenvalue weighted by Gasteiger charge is 2.19. The number of ether oxygens (including phenoxy) is 3. The number of esters is 3. The first-order valence-corrected chi connectivity index (χ1v) is 31.7. The fraction of sp³-hybridized carbons (Fsp3) is 0.750. The molecular formula is C68H118O6. The van der Waals surface area contributed by atoms with Gasteiger partial charge in [-0.05, 0) is 64.2 Å². The fourth-order valence-corrected chi connectivity index (χ4v) is 9.00. The average Bonchev–Trinajstić information content (AvgIpc) is 3.40. The Morgan fingerprint density at radius 2 is 0.514 bits per heavy atom. The second-order valence-electron chi connectivity index (χ2n) is 21.1. The predicted molar refractivity (Wildman–Crippen MR) is 321 cm³/mol. The smallest absolute Gasteiger partial charge is 0.306 e. The highest BCUT2D eigenvalue weighted by atomic mass is 16.6. The number of hydrogen-bond acceptors (Lipinski definition) is 6. The molecule has 0 N–H and O–H groups in total. The van der Waals surface area contributed by atoms with E-state index >= 15 is 0 Å². The van der Waals surface area contributed by atoms with Crippen LogP contribution in [-0.4, -0.2) is 37.2 Å². The van der Waals surface area contributed by atoms with Crippen LogP contribution in [0.25, 0.3) is 0 Å². The van der Waals surface area contributed by atoms with Crippen molar-refractivity contribution in [3.63, 3.8) is 0 Å². The molecule has 0 radical (unpaired) electrons. The van der Waals surface area contributed by atoms with Crippen molar-refractivity contribution >= 4 is 17.9 Å². The lowest BCUT2D eigenvalue weighted by molar-refractivity contribution is -0.167. The maximum Gasteiger partial charge on any atom is 0.306 e. The van der Waals surface area contributed by atoms with Crippen molar-refractivity contribution in [3.05, 3.63) is 85.1 Å². The largest absolute Gasteiger partial charge is 0.462 e. The molecule has 6 nitrogen and oxygen atoms in total. The van der Waals surface area contributed by atoms with Gasteiger partial charge in [0.2, 0.25) is 0 Å². The van der Waals surface area contributed by atoms with E-state index in [0.29, 0.717) is 19.3 Å². The van der Waals surface area contributed by atoms with E-state index in [-0.39, 0.29) is 31.1 Å². The minimum absolute atomic E-state index is 0.0845. The maximum absolute atomic E-state index is 12.9. The van der Waals surface area contributed by atoms with Gasteiger partial charge in [0.05, 0.1) is 0 Å². The molecule has 0 heterocycles. The molecule has 0 aromatic rings. The second kappa shape index (κ2) is 62.1. The van der Waals surface area contributed by atoms with Crippen molar-refractivity contribution in [1.29, 1.82) is 0 Å². The lowest BCUT2D eigenvalue weighted by atomic mass is 10.0. The van der Waals surface area contributed by atoms with Crippen molar-refractivity contribution in [2.45, 2.75) is 316 Å². The minimum Gasteiger partial charge on any atom is -0.462 e. The van der Waals surface area contributed by atoms with Gasteiger partial charge in [0.25, 0.3) is 0 Å². The number of rotatable bonds is 57. The van der Waals surface area contributed by atoms with Crippen molar-refractivity contribution in [2.75, 3.05) is 13.2 Å². The summed E-state index contributed by atoms with van der Waals surface area (Å²) in [5, 5.41) is 0. The third-order valence-corrected chi connectivity index (χ3v) is 13.8. The van der Waals surface area contributed by atoms with Crippen molar-refractivity contribution in [2.24, 2.45) is 0 Å². The van der Waals surface area contributed by atoms with Gasteiger partial charge in [-0.2, -0.15) is 0 Å². The van der Waals surface area contributed by atoms with Crippen LogP contribution in [0.5, 0.6) is 0 Å². The summed E-state index contributed by atoms with van der Waals surface area (Å²) in [5.74, 6) is -0.899. The molecule has 426 valence electrons. The molecule has 0 saturated carbocycles. The molecule has 0 spiro atoms. The topological polar surface area (TPSA) is 78.9 Å². The Balaban J connectivity index is 4.41. The van der Waals surface area contributed by atoms with Crippen LogP contribution in [0.1, 0.15) is 310 Å². The molecule has 0 saturated heterocycles. The monoisotopic (exact) mass is 1030 g/mol. The van der Waals surface area contributed by atoms with E-state index in [1.165, 1.54) is 186 Å². The molecule has 0 aliphatic rings. The zero-order valence-corrected chi connectivity index (χ0v) is 48.8. The van der Waals surface area contributed by atoms with Crippen LogP contribution < -0.4 is 0 Å². The molecule has 6 heteroatoms. The van der Waals surface area contributed by atoms with E-state index in [2.05, 4.69) is 81.5 Å². The summed E-state index contributed by atoms with van der Waals surface area (Å²) >= 11 is 0. The zero-order valence-electron chi connectivity index (χ0n) is 48.8. The first-order valence-electron chi connectivity index (χ1n) is 31.7. The van der Waals surface area contributed by atoms with E-state index in [9.17, 15) is 14.4 Å². The van der Waals surface area contributed by atoms with Gasteiger partial charge in [-0.3, -0.25) is 14.4 Å². The Kier molecular flexibility index (Phi) is 59.3. The van der Waals surface area contributed by atoms with Crippen LogP contribution in [0.4, 0.5) is 0 Å². The third-order valence-electron chi connectivity index (χ3n) is 13.8. The minimum atomic E-state index is -0.789. The van der Waals surface area contributed by atoms with Crippen molar-refractivity contribution in [1.82, 2.24) is 0 Å². The van der Waals surface area contributed by atoms with E-state index in [0.717, 1.165) is 83.5 Å². The standard InChI is InChI=1S/C68H118O6/c1-4-7-10-13-16-19-22-25-28-31-34-37-40-43-46-49-52-55-58-61-67(70)73-64-65(63-72-66(69)60-57-54-51-48-45-42-39-36-33-30-27-24-21-18-15-12-9-6-3)74-68(71)62-59-56-53-50-47-44-41-38-35-32-29-26-23-20-17-14-11-8-5-2/h12,15-16,18-19,21-22,24-25,27,30,33,36,39,65H,4-11,13-14,17,20,23,26,28-29,31-32,34-35,37-38,40-64H2,1-3H3/b15-12-,19-16-,21-18-,25-22-,27-24-,33-30-,39-36-. The third kappa shape index (κ3) is 59.5. The molecule has 0 aromatic carbocycles. The van der Waals surface area contributed by atoms with E-state index < -0.39 is 6.10 Å². The Bertz CT molecular complexity index is 1420. The lowest BCUT2D eigenvalue weighted by Gasteiger charge is -2.18. The lowest BCUT2D eigenvalue weighted by Crippen LogP contribution is -2.30. The Morgan fingerprint density at radius 1 is 0.270 bits per heavy atom. The van der Waals surface area contributed by atoms with Gasteiger partial charge in [-0.25, -0.2) is 0 Å². The molecule has 0 aliphatic heterocycles. The molecular weight excluding hydrogens is 913 g/mol. The first-order chi connectivity index (χ1) is 36.5. The molecule has 0 aromatic heterocycles. The van der Waals surface area contributed by atoms with Crippen LogP contribution in [0.2, 0.25) is 0 Å². The van der Waals surface area contributed by atoms with Gasteiger partial charge in [0, 0.05) is 19.3 Å². The summed E-state index contributed by atoms with van der Waals surface area (Å²) in [7, 11) is 0. The fourth-order valence-electron chi connectivity index (χ4n) is 9.00. The number of hydrogen-bond donors (Lipinski definition) is 0. The summed E-state index contributed by atoms with van der Waals surface area (Å²) in [5.41, 5.74) is 0. The summed E-state index contributed by atoms with van der Waals surface area (Å²) < 4.78 is 16.9. The average molecular weight is 1030 g/mol. The number of allylic oxidation sites excluding steroid dienone is 14. The summed E-state index contributed by atoms with van der Waals surface area (Å²) in [6.45, 7) is 6.54. The van der Waals surface area contributed by atoms with E-state index in [1.807, 2.05) is 24.3 Å².